The highest BCUT2D eigenvalue weighted by molar-refractivity contribution is 5.94. The van der Waals surface area contributed by atoms with Crippen molar-refractivity contribution in [3.05, 3.63) is 23.7 Å². The third-order valence-electron chi connectivity index (χ3n) is 3.02. The van der Waals surface area contributed by atoms with E-state index in [1.807, 2.05) is 6.92 Å². The van der Waals surface area contributed by atoms with Crippen LogP contribution in [0.25, 0.3) is 0 Å². The molecule has 0 unspecified atom stereocenters. The molecule has 92 valence electrons. The second kappa shape index (κ2) is 4.61. The van der Waals surface area contributed by atoms with Gasteiger partial charge < -0.3 is 14.4 Å². The molecule has 1 aliphatic heterocycles. The number of carboxylic acids is 1. The van der Waals surface area contributed by atoms with Gasteiger partial charge in [0, 0.05) is 13.0 Å². The summed E-state index contributed by atoms with van der Waals surface area (Å²) in [5.74, 6) is -0.304. The molecular weight excluding hydrogens is 222 g/mol. The summed E-state index contributed by atoms with van der Waals surface area (Å²) in [6, 6.07) is 2.65. The van der Waals surface area contributed by atoms with E-state index in [1.54, 1.807) is 12.1 Å². The van der Waals surface area contributed by atoms with E-state index in [1.165, 1.54) is 4.90 Å². The van der Waals surface area contributed by atoms with E-state index in [0.717, 1.165) is 18.6 Å². The Morgan fingerprint density at radius 3 is 2.88 bits per heavy atom. The third-order valence-corrected chi connectivity index (χ3v) is 3.02. The second-order valence-electron chi connectivity index (χ2n) is 4.11. The first-order chi connectivity index (χ1) is 8.13. The zero-order valence-electron chi connectivity index (χ0n) is 9.68. The Morgan fingerprint density at radius 2 is 2.29 bits per heavy atom. The van der Waals surface area contributed by atoms with Crippen molar-refractivity contribution in [1.82, 2.24) is 4.90 Å². The molecule has 0 bridgehead atoms. The molecule has 0 spiro atoms. The third kappa shape index (κ3) is 2.18. The van der Waals surface area contributed by atoms with Crippen molar-refractivity contribution >= 4 is 11.9 Å². The van der Waals surface area contributed by atoms with Crippen LogP contribution >= 0.6 is 0 Å². The molecule has 0 saturated carbocycles. The van der Waals surface area contributed by atoms with Crippen molar-refractivity contribution in [2.24, 2.45) is 0 Å². The lowest BCUT2D eigenvalue weighted by atomic mass is 10.2. The van der Waals surface area contributed by atoms with Crippen LogP contribution in [-0.2, 0) is 11.2 Å². The SMILES string of the molecule is CCc1ccc(C(=O)N2CCC[C@H]2C(=O)O)o1. The maximum atomic E-state index is 12.1. The second-order valence-corrected chi connectivity index (χ2v) is 4.11. The van der Waals surface area contributed by atoms with Crippen molar-refractivity contribution in [3.63, 3.8) is 0 Å². The number of aliphatic carboxylic acids is 1. The van der Waals surface area contributed by atoms with Crippen LogP contribution in [0.1, 0.15) is 36.1 Å². The van der Waals surface area contributed by atoms with Crippen LogP contribution in [0.4, 0.5) is 0 Å². The van der Waals surface area contributed by atoms with E-state index in [4.69, 9.17) is 9.52 Å². The van der Waals surface area contributed by atoms with E-state index in [0.29, 0.717) is 13.0 Å². The highest BCUT2D eigenvalue weighted by Gasteiger charge is 2.35. The number of rotatable bonds is 3. The number of carbonyl (C=O) groups is 2. The first kappa shape index (κ1) is 11.7. The van der Waals surface area contributed by atoms with Gasteiger partial charge in [-0.25, -0.2) is 4.79 Å². The maximum absolute atomic E-state index is 12.1. The molecule has 1 N–H and O–H groups in total. The van der Waals surface area contributed by atoms with E-state index < -0.39 is 12.0 Å². The molecule has 2 heterocycles. The summed E-state index contributed by atoms with van der Waals surface area (Å²) in [6.45, 7) is 2.42. The minimum atomic E-state index is -0.946. The minimum Gasteiger partial charge on any atom is -0.480 e. The fourth-order valence-electron chi connectivity index (χ4n) is 2.09. The van der Waals surface area contributed by atoms with Crippen LogP contribution in [0.3, 0.4) is 0 Å². The lowest BCUT2D eigenvalue weighted by Crippen LogP contribution is -2.40. The van der Waals surface area contributed by atoms with Crippen molar-refractivity contribution in [2.45, 2.75) is 32.2 Å². The summed E-state index contributed by atoms with van der Waals surface area (Å²) >= 11 is 0. The predicted molar refractivity (Wildman–Crippen MR) is 59.8 cm³/mol. The number of carbonyl (C=O) groups excluding carboxylic acids is 1. The van der Waals surface area contributed by atoms with Gasteiger partial charge in [0.15, 0.2) is 5.76 Å². The molecule has 0 aromatic carbocycles. The normalized spacial score (nSPS) is 19.6. The Kier molecular flexibility index (Phi) is 3.17. The van der Waals surface area contributed by atoms with E-state index in [2.05, 4.69) is 0 Å². The Balaban J connectivity index is 2.16. The molecule has 1 atom stereocenters. The summed E-state index contributed by atoms with van der Waals surface area (Å²) in [5.41, 5.74) is 0. The average Bonchev–Trinajstić information content (AvgIpc) is 2.97. The van der Waals surface area contributed by atoms with Gasteiger partial charge in [-0.15, -0.1) is 0 Å². The number of hydrogen-bond donors (Lipinski definition) is 1. The molecule has 17 heavy (non-hydrogen) atoms. The fourth-order valence-corrected chi connectivity index (χ4v) is 2.09. The summed E-state index contributed by atoms with van der Waals surface area (Å²) < 4.78 is 5.35. The van der Waals surface area contributed by atoms with Crippen LogP contribution in [0.5, 0.6) is 0 Å². The molecule has 5 heteroatoms. The molecule has 0 aliphatic carbocycles. The molecule has 5 nitrogen and oxygen atoms in total. The van der Waals surface area contributed by atoms with Gasteiger partial charge in [0.25, 0.3) is 5.91 Å². The molecule has 1 fully saturated rings. The van der Waals surface area contributed by atoms with Gasteiger partial charge in [-0.1, -0.05) is 6.92 Å². The summed E-state index contributed by atoms with van der Waals surface area (Å²) in [4.78, 5) is 24.4. The standard InChI is InChI=1S/C12H15NO4/c1-2-8-5-6-10(17-8)11(14)13-7-3-4-9(13)12(15)16/h5-6,9H,2-4,7H2,1H3,(H,15,16)/t9-/m0/s1. The number of carboxylic acid groups (broad SMARTS) is 1. The first-order valence-corrected chi connectivity index (χ1v) is 5.76. The van der Waals surface area contributed by atoms with Crippen LogP contribution in [0.15, 0.2) is 16.5 Å². The number of amides is 1. The van der Waals surface area contributed by atoms with Crippen LogP contribution < -0.4 is 0 Å². The highest BCUT2D eigenvalue weighted by atomic mass is 16.4. The minimum absolute atomic E-state index is 0.231. The fraction of sp³-hybridized carbons (Fsp3) is 0.500. The zero-order valence-corrected chi connectivity index (χ0v) is 9.68. The van der Waals surface area contributed by atoms with E-state index >= 15 is 0 Å². The van der Waals surface area contributed by atoms with E-state index in [9.17, 15) is 9.59 Å². The van der Waals surface area contributed by atoms with Crippen LogP contribution in [0.2, 0.25) is 0 Å². The van der Waals surface area contributed by atoms with Crippen molar-refractivity contribution < 1.29 is 19.1 Å². The Morgan fingerprint density at radius 1 is 1.53 bits per heavy atom. The molecule has 2 rings (SSSR count). The van der Waals surface area contributed by atoms with Crippen LogP contribution in [0, 0.1) is 0 Å². The number of likely N-dealkylation sites (tertiary alicyclic amines) is 1. The van der Waals surface area contributed by atoms with Gasteiger partial charge in [-0.2, -0.15) is 0 Å². The van der Waals surface area contributed by atoms with Gasteiger partial charge in [0.2, 0.25) is 0 Å². The number of aryl methyl sites for hydroxylation is 1. The molecule has 1 aliphatic rings. The van der Waals surface area contributed by atoms with E-state index in [-0.39, 0.29) is 11.7 Å². The predicted octanol–water partition coefficient (Wildman–Crippen LogP) is 1.53. The van der Waals surface area contributed by atoms with Gasteiger partial charge >= 0.3 is 5.97 Å². The molecule has 0 radical (unpaired) electrons. The van der Waals surface area contributed by atoms with Crippen molar-refractivity contribution in [2.75, 3.05) is 6.54 Å². The largest absolute Gasteiger partial charge is 0.480 e. The van der Waals surface area contributed by atoms with Gasteiger partial charge in [-0.05, 0) is 25.0 Å². The van der Waals surface area contributed by atoms with Crippen LogP contribution in [-0.4, -0.2) is 34.5 Å². The average molecular weight is 237 g/mol. The number of nitrogens with zero attached hydrogens (tertiary/aromatic N) is 1. The van der Waals surface area contributed by atoms with Gasteiger partial charge in [0.1, 0.15) is 11.8 Å². The molecule has 1 amide bonds. The topological polar surface area (TPSA) is 70.8 Å². The summed E-state index contributed by atoms with van der Waals surface area (Å²) in [6.07, 6.45) is 1.96. The number of hydrogen-bond acceptors (Lipinski definition) is 3. The molecule has 1 saturated heterocycles. The molecule has 1 aromatic heterocycles. The quantitative estimate of drug-likeness (QED) is 0.865. The Bertz CT molecular complexity index is 437. The lowest BCUT2D eigenvalue weighted by molar-refractivity contribution is -0.141. The molecule has 1 aromatic rings. The Labute approximate surface area is 99.0 Å². The Hall–Kier alpha value is -1.78. The first-order valence-electron chi connectivity index (χ1n) is 5.76. The molecular formula is C12H15NO4. The monoisotopic (exact) mass is 237 g/mol. The highest BCUT2D eigenvalue weighted by Crippen LogP contribution is 2.21. The summed E-state index contributed by atoms with van der Waals surface area (Å²) in [5, 5.41) is 9.01. The van der Waals surface area contributed by atoms with Gasteiger partial charge in [-0.3, -0.25) is 4.79 Å². The summed E-state index contributed by atoms with van der Waals surface area (Å²) in [7, 11) is 0. The maximum Gasteiger partial charge on any atom is 0.326 e. The van der Waals surface area contributed by atoms with Crippen molar-refractivity contribution in [3.8, 4) is 0 Å². The van der Waals surface area contributed by atoms with Gasteiger partial charge in [0.05, 0.1) is 0 Å². The number of furan rings is 1. The van der Waals surface area contributed by atoms with Crippen molar-refractivity contribution in [1.29, 1.82) is 0 Å². The lowest BCUT2D eigenvalue weighted by Gasteiger charge is -2.19. The zero-order chi connectivity index (χ0) is 12.4. The smallest absolute Gasteiger partial charge is 0.326 e.